The SMILES string of the molecule is CCCN1CCC(c2cnc(Nc3ccnc(Cl)c3)nc2NC2CCC(O)CC2)CC1. The number of nitrogens with one attached hydrogen (secondary N) is 2. The lowest BCUT2D eigenvalue weighted by molar-refractivity contribution is 0.126. The average Bonchev–Trinajstić information content (AvgIpc) is 2.77. The summed E-state index contributed by atoms with van der Waals surface area (Å²) in [4.78, 5) is 16.1. The van der Waals surface area contributed by atoms with E-state index in [-0.39, 0.29) is 6.10 Å². The Kier molecular flexibility index (Phi) is 7.58. The fourth-order valence-corrected chi connectivity index (χ4v) is 4.85. The number of anilines is 3. The van der Waals surface area contributed by atoms with Crippen LogP contribution in [0.5, 0.6) is 0 Å². The van der Waals surface area contributed by atoms with Gasteiger partial charge in [0.15, 0.2) is 0 Å². The first kappa shape index (κ1) is 22.2. The van der Waals surface area contributed by atoms with Crippen molar-refractivity contribution in [1.29, 1.82) is 0 Å². The highest BCUT2D eigenvalue weighted by molar-refractivity contribution is 6.29. The summed E-state index contributed by atoms with van der Waals surface area (Å²) in [6.45, 7) is 5.67. The Morgan fingerprint density at radius 3 is 2.61 bits per heavy atom. The maximum absolute atomic E-state index is 9.87. The fourth-order valence-electron chi connectivity index (χ4n) is 4.67. The van der Waals surface area contributed by atoms with Gasteiger partial charge in [0.1, 0.15) is 11.0 Å². The Bertz CT molecular complexity index is 850. The molecule has 3 N–H and O–H groups in total. The highest BCUT2D eigenvalue weighted by atomic mass is 35.5. The number of hydrogen-bond acceptors (Lipinski definition) is 7. The van der Waals surface area contributed by atoms with Gasteiger partial charge in [-0.1, -0.05) is 18.5 Å². The molecule has 0 radical (unpaired) electrons. The fraction of sp³-hybridized carbons (Fsp3) is 0.609. The lowest BCUT2D eigenvalue weighted by Gasteiger charge is -2.33. The Labute approximate surface area is 189 Å². The van der Waals surface area contributed by atoms with Gasteiger partial charge < -0.3 is 20.6 Å². The van der Waals surface area contributed by atoms with E-state index in [0.29, 0.717) is 23.1 Å². The molecular formula is C23H33ClN6O. The van der Waals surface area contributed by atoms with E-state index in [1.54, 1.807) is 12.3 Å². The standard InChI is InChI=1S/C23H33ClN6O/c1-2-11-30-12-8-16(9-13-30)20-15-26-23(28-18-7-10-25-21(24)14-18)29-22(20)27-17-3-5-19(31)6-4-17/h7,10,14-17,19,31H,2-6,8-9,11-13H2,1H3,(H2,25,26,27,28,29). The summed E-state index contributed by atoms with van der Waals surface area (Å²) < 4.78 is 0. The van der Waals surface area contributed by atoms with Crippen molar-refractivity contribution in [2.24, 2.45) is 0 Å². The number of likely N-dealkylation sites (tertiary alicyclic amines) is 1. The van der Waals surface area contributed by atoms with Crippen molar-refractivity contribution >= 4 is 29.1 Å². The highest BCUT2D eigenvalue weighted by Crippen LogP contribution is 2.34. The van der Waals surface area contributed by atoms with Gasteiger partial charge >= 0.3 is 0 Å². The van der Waals surface area contributed by atoms with Crippen LogP contribution in [0.1, 0.15) is 63.4 Å². The van der Waals surface area contributed by atoms with Crippen LogP contribution in [0.3, 0.4) is 0 Å². The van der Waals surface area contributed by atoms with E-state index in [1.165, 1.54) is 18.5 Å². The summed E-state index contributed by atoms with van der Waals surface area (Å²) in [7, 11) is 0. The topological polar surface area (TPSA) is 86.2 Å². The zero-order chi connectivity index (χ0) is 21.6. The molecule has 168 valence electrons. The molecule has 0 aromatic carbocycles. The summed E-state index contributed by atoms with van der Waals surface area (Å²) in [5.74, 6) is 1.94. The Morgan fingerprint density at radius 2 is 1.90 bits per heavy atom. The minimum atomic E-state index is -0.167. The number of halogens is 1. The third-order valence-electron chi connectivity index (χ3n) is 6.40. The van der Waals surface area contributed by atoms with Crippen LogP contribution in [0, 0.1) is 0 Å². The van der Waals surface area contributed by atoms with Gasteiger partial charge in [0.05, 0.1) is 6.10 Å². The van der Waals surface area contributed by atoms with Crippen molar-refractivity contribution < 1.29 is 5.11 Å². The lowest BCUT2D eigenvalue weighted by Crippen LogP contribution is -2.34. The van der Waals surface area contributed by atoms with Gasteiger partial charge in [0.25, 0.3) is 0 Å². The van der Waals surface area contributed by atoms with Gasteiger partial charge in [-0.25, -0.2) is 9.97 Å². The minimum Gasteiger partial charge on any atom is -0.393 e. The van der Waals surface area contributed by atoms with Crippen molar-refractivity contribution in [2.45, 2.75) is 69.9 Å². The van der Waals surface area contributed by atoms with E-state index in [4.69, 9.17) is 16.6 Å². The van der Waals surface area contributed by atoms with Crippen LogP contribution in [-0.4, -0.2) is 56.7 Å². The number of aliphatic hydroxyl groups is 1. The third-order valence-corrected chi connectivity index (χ3v) is 6.61. The van der Waals surface area contributed by atoms with Crippen molar-refractivity contribution in [1.82, 2.24) is 19.9 Å². The first-order chi connectivity index (χ1) is 15.1. The molecule has 0 spiro atoms. The van der Waals surface area contributed by atoms with Gasteiger partial charge in [-0.2, -0.15) is 4.98 Å². The highest BCUT2D eigenvalue weighted by Gasteiger charge is 2.26. The van der Waals surface area contributed by atoms with E-state index in [0.717, 1.165) is 63.1 Å². The smallest absolute Gasteiger partial charge is 0.229 e. The summed E-state index contributed by atoms with van der Waals surface area (Å²) in [6, 6.07) is 3.94. The van der Waals surface area contributed by atoms with Crippen LogP contribution in [0.4, 0.5) is 17.5 Å². The number of rotatable bonds is 7. The third kappa shape index (κ3) is 6.05. The molecule has 31 heavy (non-hydrogen) atoms. The first-order valence-electron chi connectivity index (χ1n) is 11.5. The maximum Gasteiger partial charge on any atom is 0.229 e. The molecule has 1 saturated carbocycles. The molecule has 3 heterocycles. The molecule has 2 fully saturated rings. The molecule has 0 atom stereocenters. The number of pyridine rings is 1. The van der Waals surface area contributed by atoms with Crippen LogP contribution in [0.15, 0.2) is 24.5 Å². The molecule has 0 unspecified atom stereocenters. The Morgan fingerprint density at radius 1 is 1.13 bits per heavy atom. The van der Waals surface area contributed by atoms with E-state index in [9.17, 15) is 5.11 Å². The number of aromatic nitrogens is 3. The normalized spacial score (nSPS) is 22.9. The molecule has 1 aliphatic heterocycles. The zero-order valence-corrected chi connectivity index (χ0v) is 19.0. The minimum absolute atomic E-state index is 0.167. The molecule has 4 rings (SSSR count). The molecule has 8 heteroatoms. The summed E-state index contributed by atoms with van der Waals surface area (Å²) in [6.07, 6.45) is 10.6. The Hall–Kier alpha value is -1.96. The molecule has 7 nitrogen and oxygen atoms in total. The molecule has 1 aliphatic carbocycles. The predicted octanol–water partition coefficient (Wildman–Crippen LogP) is 4.57. The van der Waals surface area contributed by atoms with Crippen molar-refractivity contribution in [3.8, 4) is 0 Å². The van der Waals surface area contributed by atoms with Crippen molar-refractivity contribution in [3.63, 3.8) is 0 Å². The first-order valence-corrected chi connectivity index (χ1v) is 11.9. The summed E-state index contributed by atoms with van der Waals surface area (Å²) >= 11 is 6.02. The van der Waals surface area contributed by atoms with Gasteiger partial charge in [0, 0.05) is 29.7 Å². The Balaban J connectivity index is 1.53. The monoisotopic (exact) mass is 444 g/mol. The number of hydrogen-bond donors (Lipinski definition) is 3. The van der Waals surface area contributed by atoms with Gasteiger partial charge in [-0.15, -0.1) is 0 Å². The van der Waals surface area contributed by atoms with Crippen LogP contribution in [0.2, 0.25) is 5.15 Å². The molecule has 2 aliphatic rings. The average molecular weight is 445 g/mol. The van der Waals surface area contributed by atoms with Crippen molar-refractivity contribution in [2.75, 3.05) is 30.3 Å². The second kappa shape index (κ2) is 10.6. The molecule has 0 amide bonds. The molecule has 2 aromatic rings. The number of aliphatic hydroxyl groups excluding tert-OH is 1. The van der Waals surface area contributed by atoms with E-state index in [2.05, 4.69) is 32.4 Å². The largest absolute Gasteiger partial charge is 0.393 e. The second-order valence-corrected chi connectivity index (χ2v) is 9.14. The quantitative estimate of drug-likeness (QED) is 0.539. The second-order valence-electron chi connectivity index (χ2n) is 8.76. The van der Waals surface area contributed by atoms with Crippen LogP contribution in [-0.2, 0) is 0 Å². The van der Waals surface area contributed by atoms with Crippen LogP contribution < -0.4 is 10.6 Å². The molecular weight excluding hydrogens is 412 g/mol. The summed E-state index contributed by atoms with van der Waals surface area (Å²) in [5, 5.41) is 17.2. The number of nitrogens with zero attached hydrogens (tertiary/aromatic N) is 4. The predicted molar refractivity (Wildman–Crippen MR) is 125 cm³/mol. The van der Waals surface area contributed by atoms with Crippen LogP contribution in [0.25, 0.3) is 0 Å². The molecule has 2 aromatic heterocycles. The van der Waals surface area contributed by atoms with Gasteiger partial charge in [-0.05, 0) is 82.6 Å². The van der Waals surface area contributed by atoms with Crippen molar-refractivity contribution in [3.05, 3.63) is 35.2 Å². The zero-order valence-electron chi connectivity index (χ0n) is 18.2. The maximum atomic E-state index is 9.87. The number of piperidine rings is 1. The molecule has 1 saturated heterocycles. The van der Waals surface area contributed by atoms with Gasteiger partial charge in [0.2, 0.25) is 5.95 Å². The van der Waals surface area contributed by atoms with E-state index >= 15 is 0 Å². The van der Waals surface area contributed by atoms with Crippen LogP contribution >= 0.6 is 11.6 Å². The summed E-state index contributed by atoms with van der Waals surface area (Å²) in [5.41, 5.74) is 2.02. The van der Waals surface area contributed by atoms with E-state index < -0.39 is 0 Å². The van der Waals surface area contributed by atoms with E-state index in [1.807, 2.05) is 12.3 Å². The van der Waals surface area contributed by atoms with Gasteiger partial charge in [-0.3, -0.25) is 0 Å². The lowest BCUT2D eigenvalue weighted by atomic mass is 9.89. The molecule has 0 bridgehead atoms.